The predicted molar refractivity (Wildman–Crippen MR) is 103 cm³/mol. The van der Waals surface area contributed by atoms with Gasteiger partial charge in [0.15, 0.2) is 0 Å². The van der Waals surface area contributed by atoms with E-state index in [0.29, 0.717) is 18.6 Å². The lowest BCUT2D eigenvalue weighted by Gasteiger charge is -2.10. The molecule has 0 aromatic heterocycles. The molecule has 5 N–H and O–H groups in total. The van der Waals surface area contributed by atoms with Crippen LogP contribution in [0.4, 0.5) is 0 Å². The Morgan fingerprint density at radius 2 is 1.54 bits per heavy atom. The number of nitrogens with two attached hydrogens (primary N) is 1. The van der Waals surface area contributed by atoms with Gasteiger partial charge in [-0.05, 0) is 47.8 Å². The van der Waals surface area contributed by atoms with E-state index in [9.17, 15) is 9.59 Å². The van der Waals surface area contributed by atoms with E-state index in [4.69, 9.17) is 10.8 Å². The first-order chi connectivity index (χ1) is 11.1. The molecule has 148 valence electrons. The van der Waals surface area contributed by atoms with E-state index in [0.717, 1.165) is 12.8 Å². The number of likely N-dealkylation sites (N-methyl/N-ethyl adjacent to an activating group) is 2. The number of hydrogen-bond acceptors (Lipinski definition) is 5. The summed E-state index contributed by atoms with van der Waals surface area (Å²) in [6, 6.07) is 0.677. The first-order valence-electron chi connectivity index (χ1n) is 8.66. The van der Waals surface area contributed by atoms with Crippen molar-refractivity contribution in [2.24, 2.45) is 5.73 Å². The molecular weight excluding hydrogens is 308 g/mol. The Morgan fingerprint density at radius 3 is 1.71 bits per heavy atom. The van der Waals surface area contributed by atoms with E-state index in [1.165, 1.54) is 0 Å². The van der Waals surface area contributed by atoms with Gasteiger partial charge in [-0.25, -0.2) is 0 Å². The maximum absolute atomic E-state index is 10.8. The minimum atomic E-state index is -0.787. The quantitative estimate of drug-likeness (QED) is 0.554. The second kappa shape index (κ2) is 24.1. The van der Waals surface area contributed by atoms with Crippen molar-refractivity contribution < 1.29 is 14.7 Å². The summed E-state index contributed by atoms with van der Waals surface area (Å²) < 4.78 is 0. The molecule has 24 heavy (non-hydrogen) atoms. The molecule has 2 unspecified atom stereocenters. The Bertz CT molecular complexity index is 273. The van der Waals surface area contributed by atoms with Gasteiger partial charge in [0.25, 0.3) is 0 Å². The number of carboxylic acids is 1. The highest BCUT2D eigenvalue weighted by Crippen LogP contribution is 1.85. The fourth-order valence-electron chi connectivity index (χ4n) is 0.859. The Hall–Kier alpha value is -1.18. The van der Waals surface area contributed by atoms with Crippen LogP contribution in [0.3, 0.4) is 0 Å². The average molecular weight is 351 g/mol. The minimum absolute atomic E-state index is 0.0665. The molecule has 0 saturated carbocycles. The topological polar surface area (TPSA) is 108 Å². The number of rotatable bonds is 7. The molecule has 0 rings (SSSR count). The third-order valence-electron chi connectivity index (χ3n) is 2.45. The van der Waals surface area contributed by atoms with Crippen LogP contribution >= 0.6 is 0 Å². The lowest BCUT2D eigenvalue weighted by atomic mass is 10.2. The smallest absolute Gasteiger partial charge is 0.317 e. The summed E-state index contributed by atoms with van der Waals surface area (Å²) in [7, 11) is 5.19. The highest BCUT2D eigenvalue weighted by atomic mass is 16.4. The van der Waals surface area contributed by atoms with Crippen LogP contribution in [-0.2, 0) is 9.59 Å². The van der Waals surface area contributed by atoms with Gasteiger partial charge in [0.05, 0.1) is 13.1 Å². The number of aliphatic carboxylic acids is 1. The molecule has 2 atom stereocenters. The van der Waals surface area contributed by atoms with Gasteiger partial charge in [-0.1, -0.05) is 27.7 Å². The van der Waals surface area contributed by atoms with Crippen LogP contribution in [0.2, 0.25) is 0 Å². The summed E-state index contributed by atoms with van der Waals surface area (Å²) in [5.41, 5.74) is 5.29. The number of carbonyl (C=O) groups excluding carboxylic acids is 1. The molecule has 0 aliphatic rings. The maximum atomic E-state index is 10.8. The minimum Gasteiger partial charge on any atom is -0.480 e. The van der Waals surface area contributed by atoms with Gasteiger partial charge in [-0.15, -0.1) is 0 Å². The van der Waals surface area contributed by atoms with Gasteiger partial charge in [-0.2, -0.15) is 0 Å². The summed E-state index contributed by atoms with van der Waals surface area (Å²) >= 11 is 0. The summed E-state index contributed by atoms with van der Waals surface area (Å²) in [6.07, 6.45) is 2.06. The summed E-state index contributed by atoms with van der Waals surface area (Å²) in [5, 5.41) is 13.7. The van der Waals surface area contributed by atoms with Crippen LogP contribution < -0.4 is 16.4 Å². The van der Waals surface area contributed by atoms with E-state index in [-0.39, 0.29) is 12.5 Å². The van der Waals surface area contributed by atoms with Crippen LogP contribution in [0.5, 0.6) is 0 Å². The van der Waals surface area contributed by atoms with Crippen molar-refractivity contribution in [1.82, 2.24) is 15.5 Å². The molecule has 7 heteroatoms. The van der Waals surface area contributed by atoms with Crippen molar-refractivity contribution in [3.8, 4) is 0 Å². The Morgan fingerprint density at radius 1 is 1.12 bits per heavy atom. The molecular formula is C17H42N4O3. The Kier molecular flexibility index (Phi) is 30.8. The van der Waals surface area contributed by atoms with Crippen molar-refractivity contribution >= 4 is 11.9 Å². The third kappa shape index (κ3) is 42.8. The van der Waals surface area contributed by atoms with Gasteiger partial charge in [0, 0.05) is 12.1 Å². The van der Waals surface area contributed by atoms with Gasteiger partial charge >= 0.3 is 5.97 Å². The molecule has 0 bridgehead atoms. The van der Waals surface area contributed by atoms with Crippen LogP contribution in [0.1, 0.15) is 54.4 Å². The first-order valence-corrected chi connectivity index (χ1v) is 8.66. The van der Waals surface area contributed by atoms with E-state index < -0.39 is 5.97 Å². The monoisotopic (exact) mass is 350 g/mol. The number of nitrogens with one attached hydrogen (secondary N) is 2. The molecule has 0 heterocycles. The highest BCUT2D eigenvalue weighted by Gasteiger charge is 2.02. The fraction of sp³-hybridized carbons (Fsp3) is 0.882. The molecule has 0 spiro atoms. The van der Waals surface area contributed by atoms with Crippen LogP contribution in [0, 0.1) is 0 Å². The zero-order valence-electron chi connectivity index (χ0n) is 17.3. The van der Waals surface area contributed by atoms with Gasteiger partial charge in [0.1, 0.15) is 0 Å². The molecule has 0 saturated heterocycles. The molecule has 0 fully saturated rings. The Balaban J connectivity index is -0.000000125. The van der Waals surface area contributed by atoms with Gasteiger partial charge in [0.2, 0.25) is 5.91 Å². The molecule has 0 aliphatic heterocycles. The molecule has 0 aromatic rings. The van der Waals surface area contributed by atoms with E-state index in [1.54, 1.807) is 26.0 Å². The van der Waals surface area contributed by atoms with Crippen LogP contribution in [-0.4, -0.2) is 68.2 Å². The number of hydrogen-bond donors (Lipinski definition) is 4. The maximum Gasteiger partial charge on any atom is 0.317 e. The number of carbonyl (C=O) groups is 2. The van der Waals surface area contributed by atoms with E-state index in [1.807, 2.05) is 34.6 Å². The van der Waals surface area contributed by atoms with Gasteiger partial charge < -0.3 is 21.5 Å². The van der Waals surface area contributed by atoms with Crippen molar-refractivity contribution in [2.45, 2.75) is 66.5 Å². The molecule has 1 amide bonds. The van der Waals surface area contributed by atoms with Crippen molar-refractivity contribution in [3.05, 3.63) is 0 Å². The van der Waals surface area contributed by atoms with Crippen LogP contribution in [0.25, 0.3) is 0 Å². The zero-order chi connectivity index (χ0) is 20.1. The van der Waals surface area contributed by atoms with Crippen molar-refractivity contribution in [3.63, 3.8) is 0 Å². The van der Waals surface area contributed by atoms with E-state index in [2.05, 4.69) is 17.6 Å². The molecule has 0 aromatic carbocycles. The number of nitrogens with zero attached hydrogens (tertiary/aromatic N) is 1. The first kappa shape index (κ1) is 30.7. The zero-order valence-corrected chi connectivity index (χ0v) is 17.3. The molecule has 0 radical (unpaired) electrons. The lowest BCUT2D eigenvalue weighted by molar-refractivity contribution is -0.137. The summed E-state index contributed by atoms with van der Waals surface area (Å²) in [5.74, 6) is -0.721. The summed E-state index contributed by atoms with van der Waals surface area (Å²) in [4.78, 5) is 22.2. The molecule has 0 aliphatic carbocycles. The lowest BCUT2D eigenvalue weighted by Crippen LogP contribution is -2.37. The Labute approximate surface area is 149 Å². The highest BCUT2D eigenvalue weighted by molar-refractivity contribution is 5.78. The number of amides is 1. The van der Waals surface area contributed by atoms with Gasteiger partial charge in [-0.3, -0.25) is 14.5 Å². The standard InChI is InChI=1S/C7H16N2O.C4H9NO2.C4H11N.C2H6/c1-4-6(2)9-7(10)5-8-3;1-5(2)3-4(6)7;1-3-4(2)5;1-2/h6,8H,4-5H2,1-3H3,(H,9,10);3H2,1-2H3,(H,6,7);4H,3,5H2,1-2H3;1-2H3. The van der Waals surface area contributed by atoms with Crippen LogP contribution in [0.15, 0.2) is 0 Å². The third-order valence-corrected chi connectivity index (χ3v) is 2.45. The van der Waals surface area contributed by atoms with E-state index >= 15 is 0 Å². The fourth-order valence-corrected chi connectivity index (χ4v) is 0.859. The second-order valence-electron chi connectivity index (χ2n) is 5.42. The number of carboxylic acid groups (broad SMARTS) is 1. The second-order valence-corrected chi connectivity index (χ2v) is 5.42. The van der Waals surface area contributed by atoms with Crippen molar-refractivity contribution in [1.29, 1.82) is 0 Å². The SMILES string of the molecule is CC.CCC(C)N.CCC(C)NC(=O)CNC.CN(C)CC(=O)O. The summed E-state index contributed by atoms with van der Waals surface area (Å²) in [6.45, 7) is 12.6. The predicted octanol–water partition coefficient (Wildman–Crippen LogP) is 1.52. The van der Waals surface area contributed by atoms with Crippen molar-refractivity contribution in [2.75, 3.05) is 34.2 Å². The average Bonchev–Trinajstić information content (AvgIpc) is 2.49. The largest absolute Gasteiger partial charge is 0.480 e. The molecule has 7 nitrogen and oxygen atoms in total. The normalized spacial score (nSPS) is 11.5.